The molecule has 0 aromatic heterocycles. The Morgan fingerprint density at radius 3 is 2.88 bits per heavy atom. The van der Waals surface area contributed by atoms with Crippen molar-refractivity contribution >= 4 is 29.9 Å². The lowest BCUT2D eigenvalue weighted by Crippen LogP contribution is -2.42. The Morgan fingerprint density at radius 1 is 1.28 bits per heavy atom. The molecule has 1 aromatic rings. The molecule has 0 amide bonds. The van der Waals surface area contributed by atoms with Crippen LogP contribution in [0.2, 0.25) is 0 Å². The van der Waals surface area contributed by atoms with E-state index >= 15 is 0 Å². The summed E-state index contributed by atoms with van der Waals surface area (Å²) in [5, 5.41) is 6.77. The number of fused-ring (bicyclic) bond motifs is 1. The zero-order valence-electron chi connectivity index (χ0n) is 15.2. The van der Waals surface area contributed by atoms with Crippen molar-refractivity contribution < 1.29 is 4.74 Å². The lowest BCUT2D eigenvalue weighted by molar-refractivity contribution is 0.114. The number of aliphatic imine (C=N–C) groups is 1. The number of nitrogens with one attached hydrogen (secondary N) is 2. The average Bonchev–Trinajstić information content (AvgIpc) is 3.14. The summed E-state index contributed by atoms with van der Waals surface area (Å²) < 4.78 is 5.63. The summed E-state index contributed by atoms with van der Waals surface area (Å²) in [5.41, 5.74) is 3.01. The topological polar surface area (TPSA) is 48.9 Å². The average molecular weight is 458 g/mol. The highest BCUT2D eigenvalue weighted by Gasteiger charge is 2.16. The Morgan fingerprint density at radius 2 is 2.12 bits per heavy atom. The van der Waals surface area contributed by atoms with Gasteiger partial charge in [-0.3, -0.25) is 9.89 Å². The van der Waals surface area contributed by atoms with Crippen molar-refractivity contribution in [2.75, 3.05) is 39.8 Å². The van der Waals surface area contributed by atoms with E-state index in [1.165, 1.54) is 30.5 Å². The van der Waals surface area contributed by atoms with Gasteiger partial charge in [0.25, 0.3) is 0 Å². The van der Waals surface area contributed by atoms with E-state index in [4.69, 9.17) is 4.74 Å². The largest absolute Gasteiger partial charge is 0.376 e. The SMILES string of the molecule is CN=C(NCCCN1CCc2ccccc2C1)NCC1CCCO1.I. The minimum Gasteiger partial charge on any atom is -0.376 e. The van der Waals surface area contributed by atoms with Gasteiger partial charge in [-0.05, 0) is 36.8 Å². The summed E-state index contributed by atoms with van der Waals surface area (Å²) in [4.78, 5) is 6.84. The molecule has 2 heterocycles. The van der Waals surface area contributed by atoms with Crippen molar-refractivity contribution in [2.45, 2.75) is 38.3 Å². The fourth-order valence-corrected chi connectivity index (χ4v) is 3.49. The summed E-state index contributed by atoms with van der Waals surface area (Å²) in [6, 6.07) is 8.82. The molecular weight excluding hydrogens is 427 g/mol. The Hall–Kier alpha value is -0.860. The summed E-state index contributed by atoms with van der Waals surface area (Å²) in [7, 11) is 1.83. The predicted molar refractivity (Wildman–Crippen MR) is 114 cm³/mol. The third-order valence-electron chi connectivity index (χ3n) is 4.90. The Kier molecular flexibility index (Phi) is 8.98. The Labute approximate surface area is 168 Å². The maximum atomic E-state index is 5.63. The molecule has 1 atom stereocenters. The van der Waals surface area contributed by atoms with Gasteiger partial charge in [-0.15, -0.1) is 24.0 Å². The molecule has 1 unspecified atom stereocenters. The van der Waals surface area contributed by atoms with E-state index in [2.05, 4.69) is 44.8 Å². The number of guanidine groups is 1. The van der Waals surface area contributed by atoms with Gasteiger partial charge in [-0.2, -0.15) is 0 Å². The lowest BCUT2D eigenvalue weighted by atomic mass is 10.00. The van der Waals surface area contributed by atoms with Gasteiger partial charge in [0.15, 0.2) is 5.96 Å². The molecule has 2 aliphatic rings. The molecule has 1 aromatic carbocycles. The number of halogens is 1. The zero-order chi connectivity index (χ0) is 16.6. The molecule has 0 spiro atoms. The van der Waals surface area contributed by atoms with Crippen LogP contribution in [0.15, 0.2) is 29.3 Å². The van der Waals surface area contributed by atoms with Gasteiger partial charge < -0.3 is 15.4 Å². The first-order chi connectivity index (χ1) is 11.8. The van der Waals surface area contributed by atoms with Gasteiger partial charge >= 0.3 is 0 Å². The van der Waals surface area contributed by atoms with Crippen LogP contribution in [0.1, 0.15) is 30.4 Å². The van der Waals surface area contributed by atoms with Crippen molar-refractivity contribution in [3.63, 3.8) is 0 Å². The summed E-state index contributed by atoms with van der Waals surface area (Å²) >= 11 is 0. The first-order valence-electron chi connectivity index (χ1n) is 9.20. The molecule has 2 N–H and O–H groups in total. The number of nitrogens with zero attached hydrogens (tertiary/aromatic N) is 2. The first-order valence-corrected chi connectivity index (χ1v) is 9.20. The van der Waals surface area contributed by atoms with E-state index in [1.807, 2.05) is 7.05 Å². The highest BCUT2D eigenvalue weighted by molar-refractivity contribution is 14.0. The quantitative estimate of drug-likeness (QED) is 0.298. The van der Waals surface area contributed by atoms with Crippen LogP contribution in [0.25, 0.3) is 0 Å². The molecule has 140 valence electrons. The standard InChI is InChI=1S/C19H30N4O.HI/c1-20-19(22-14-18-8-4-13-24-18)21-10-5-11-23-12-9-16-6-2-3-7-17(16)15-23;/h2-3,6-7,18H,4-5,8-15H2,1H3,(H2,20,21,22);1H. The zero-order valence-corrected chi connectivity index (χ0v) is 17.5. The van der Waals surface area contributed by atoms with Crippen molar-refractivity contribution in [1.82, 2.24) is 15.5 Å². The lowest BCUT2D eigenvalue weighted by Gasteiger charge is -2.28. The summed E-state index contributed by atoms with van der Waals surface area (Å²) in [5.74, 6) is 0.884. The molecule has 25 heavy (non-hydrogen) atoms. The molecule has 3 rings (SSSR count). The molecule has 0 aliphatic carbocycles. The van der Waals surface area contributed by atoms with E-state index < -0.39 is 0 Å². The second kappa shape index (κ2) is 11.0. The van der Waals surface area contributed by atoms with Crippen molar-refractivity contribution in [2.24, 2.45) is 4.99 Å². The van der Waals surface area contributed by atoms with Crippen LogP contribution < -0.4 is 10.6 Å². The van der Waals surface area contributed by atoms with Crippen LogP contribution in [-0.4, -0.2) is 56.8 Å². The van der Waals surface area contributed by atoms with Gasteiger partial charge in [0.1, 0.15) is 0 Å². The number of benzene rings is 1. The van der Waals surface area contributed by atoms with Gasteiger partial charge in [0.2, 0.25) is 0 Å². The molecule has 6 heteroatoms. The maximum Gasteiger partial charge on any atom is 0.191 e. The monoisotopic (exact) mass is 458 g/mol. The first kappa shape index (κ1) is 20.5. The van der Waals surface area contributed by atoms with Crippen LogP contribution in [0.3, 0.4) is 0 Å². The fourth-order valence-electron chi connectivity index (χ4n) is 3.49. The van der Waals surface area contributed by atoms with Crippen molar-refractivity contribution in [3.05, 3.63) is 35.4 Å². The molecule has 0 radical (unpaired) electrons. The number of ether oxygens (including phenoxy) is 1. The summed E-state index contributed by atoms with van der Waals surface area (Å²) in [6.45, 7) is 6.08. The minimum absolute atomic E-state index is 0. The second-order valence-electron chi connectivity index (χ2n) is 6.66. The fraction of sp³-hybridized carbons (Fsp3) is 0.632. The number of hydrogen-bond donors (Lipinski definition) is 2. The van der Waals surface area contributed by atoms with E-state index in [-0.39, 0.29) is 24.0 Å². The van der Waals surface area contributed by atoms with Gasteiger partial charge in [0, 0.05) is 46.4 Å². The van der Waals surface area contributed by atoms with E-state index in [1.54, 1.807) is 0 Å². The number of hydrogen-bond acceptors (Lipinski definition) is 3. The molecule has 2 aliphatic heterocycles. The Balaban J connectivity index is 0.00000225. The van der Waals surface area contributed by atoms with E-state index in [0.717, 1.165) is 51.6 Å². The highest BCUT2D eigenvalue weighted by atomic mass is 127. The van der Waals surface area contributed by atoms with Gasteiger partial charge in [-0.25, -0.2) is 0 Å². The molecule has 0 saturated carbocycles. The van der Waals surface area contributed by atoms with Crippen LogP contribution in [0, 0.1) is 0 Å². The molecule has 0 bridgehead atoms. The molecular formula is C19H31IN4O. The Bertz CT molecular complexity index is 546. The highest BCUT2D eigenvalue weighted by Crippen LogP contribution is 2.18. The van der Waals surface area contributed by atoms with Crippen molar-refractivity contribution in [3.8, 4) is 0 Å². The minimum atomic E-state index is 0. The maximum absolute atomic E-state index is 5.63. The van der Waals surface area contributed by atoms with E-state index in [9.17, 15) is 0 Å². The molecule has 1 saturated heterocycles. The van der Waals surface area contributed by atoms with E-state index in [0.29, 0.717) is 6.10 Å². The predicted octanol–water partition coefficient (Wildman–Crippen LogP) is 2.40. The van der Waals surface area contributed by atoms with Crippen LogP contribution in [0.4, 0.5) is 0 Å². The third-order valence-corrected chi connectivity index (χ3v) is 4.90. The van der Waals surface area contributed by atoms with Crippen LogP contribution in [0.5, 0.6) is 0 Å². The summed E-state index contributed by atoms with van der Waals surface area (Å²) in [6.07, 6.45) is 4.98. The number of rotatable bonds is 6. The van der Waals surface area contributed by atoms with Crippen molar-refractivity contribution in [1.29, 1.82) is 0 Å². The molecule has 1 fully saturated rings. The van der Waals surface area contributed by atoms with Crippen LogP contribution in [-0.2, 0) is 17.7 Å². The van der Waals surface area contributed by atoms with Gasteiger partial charge in [-0.1, -0.05) is 24.3 Å². The third kappa shape index (κ3) is 6.42. The second-order valence-corrected chi connectivity index (χ2v) is 6.66. The smallest absolute Gasteiger partial charge is 0.191 e. The molecule has 5 nitrogen and oxygen atoms in total. The normalized spacial score (nSPS) is 20.7. The van der Waals surface area contributed by atoms with Gasteiger partial charge in [0.05, 0.1) is 6.10 Å². The van der Waals surface area contributed by atoms with Crippen LogP contribution >= 0.6 is 24.0 Å².